The van der Waals surface area contributed by atoms with Gasteiger partial charge in [-0.05, 0) is 61.2 Å². The molecule has 2 aromatic carbocycles. The molecule has 1 aliphatic rings. The van der Waals surface area contributed by atoms with Crippen molar-refractivity contribution in [1.29, 1.82) is 0 Å². The molecule has 1 heterocycles. The Bertz CT molecular complexity index is 1020. The van der Waals surface area contributed by atoms with Gasteiger partial charge in [0.25, 0.3) is 5.91 Å². The van der Waals surface area contributed by atoms with Crippen molar-refractivity contribution in [2.75, 3.05) is 24.1 Å². The predicted molar refractivity (Wildman–Crippen MR) is 118 cm³/mol. The summed E-state index contributed by atoms with van der Waals surface area (Å²) in [6, 6.07) is 9.86. The van der Waals surface area contributed by atoms with Gasteiger partial charge >= 0.3 is 0 Å². The summed E-state index contributed by atoms with van der Waals surface area (Å²) in [5, 5.41) is 13.7. The quantitative estimate of drug-likeness (QED) is 0.599. The van der Waals surface area contributed by atoms with Gasteiger partial charge < -0.3 is 15.3 Å². The third-order valence-corrected chi connectivity index (χ3v) is 5.71. The molecule has 0 atom stereocenters. The van der Waals surface area contributed by atoms with Gasteiger partial charge in [-0.2, -0.15) is 0 Å². The van der Waals surface area contributed by atoms with Crippen LogP contribution < -0.4 is 10.0 Å². The standard InChI is InChI=1S/C21H26ClN3O4S/c1-30(28,29)24-19-10-15(13-23-14-17-11-18(22)5-6-20(17)26)9-16(12-19)21(27)25-7-3-2-4-8-25/h5-6,9-12,23-24,26H,2-4,7-8,13-14H2,1H3. The van der Waals surface area contributed by atoms with Crippen molar-refractivity contribution < 1.29 is 18.3 Å². The highest BCUT2D eigenvalue weighted by Gasteiger charge is 2.19. The first-order valence-corrected chi connectivity index (χ1v) is 12.1. The lowest BCUT2D eigenvalue weighted by molar-refractivity contribution is 0.0724. The molecule has 9 heteroatoms. The fourth-order valence-corrected chi connectivity index (χ4v) is 4.25. The average Bonchev–Trinajstić information content (AvgIpc) is 2.69. The molecule has 1 amide bonds. The molecule has 0 bridgehead atoms. The Kier molecular flexibility index (Phi) is 7.23. The van der Waals surface area contributed by atoms with Crippen LogP contribution in [-0.2, 0) is 23.1 Å². The number of rotatable bonds is 7. The summed E-state index contributed by atoms with van der Waals surface area (Å²) in [5.41, 5.74) is 2.21. The molecule has 3 N–H and O–H groups in total. The van der Waals surface area contributed by atoms with Crippen LogP contribution in [0.2, 0.25) is 5.02 Å². The summed E-state index contributed by atoms with van der Waals surface area (Å²) < 4.78 is 25.9. The number of carbonyl (C=O) groups is 1. The van der Waals surface area contributed by atoms with Gasteiger partial charge in [-0.25, -0.2) is 8.42 Å². The zero-order chi connectivity index (χ0) is 21.7. The molecule has 30 heavy (non-hydrogen) atoms. The zero-order valence-corrected chi connectivity index (χ0v) is 18.4. The Balaban J connectivity index is 1.78. The number of piperidine rings is 1. The Morgan fingerprint density at radius 3 is 2.53 bits per heavy atom. The minimum atomic E-state index is -3.48. The molecule has 0 aromatic heterocycles. The molecule has 1 aliphatic heterocycles. The fourth-order valence-electron chi connectivity index (χ4n) is 3.51. The van der Waals surface area contributed by atoms with Crippen molar-refractivity contribution in [3.8, 4) is 5.75 Å². The summed E-state index contributed by atoms with van der Waals surface area (Å²) in [4.78, 5) is 14.7. The molecule has 7 nitrogen and oxygen atoms in total. The molecule has 1 fully saturated rings. The summed E-state index contributed by atoms with van der Waals surface area (Å²) >= 11 is 5.98. The van der Waals surface area contributed by atoms with Crippen molar-refractivity contribution in [3.63, 3.8) is 0 Å². The molecule has 0 saturated carbocycles. The summed E-state index contributed by atoms with van der Waals surface area (Å²) in [6.07, 6.45) is 4.14. The van der Waals surface area contributed by atoms with E-state index in [-0.39, 0.29) is 11.7 Å². The summed E-state index contributed by atoms with van der Waals surface area (Å²) in [7, 11) is -3.48. The number of halogens is 1. The van der Waals surface area contributed by atoms with Crippen molar-refractivity contribution in [2.45, 2.75) is 32.4 Å². The Morgan fingerprint density at radius 2 is 1.83 bits per heavy atom. The Labute approximate surface area is 182 Å². The number of likely N-dealkylation sites (tertiary alicyclic amines) is 1. The van der Waals surface area contributed by atoms with Crippen molar-refractivity contribution in [3.05, 3.63) is 58.1 Å². The normalized spacial score (nSPS) is 14.5. The van der Waals surface area contributed by atoms with E-state index in [1.807, 2.05) is 4.90 Å². The van der Waals surface area contributed by atoms with E-state index < -0.39 is 10.0 Å². The van der Waals surface area contributed by atoms with E-state index >= 15 is 0 Å². The number of aromatic hydroxyl groups is 1. The van der Waals surface area contributed by atoms with E-state index in [9.17, 15) is 18.3 Å². The van der Waals surface area contributed by atoms with Crippen LogP contribution in [0.4, 0.5) is 5.69 Å². The SMILES string of the molecule is CS(=O)(=O)Nc1cc(CNCc2cc(Cl)ccc2O)cc(C(=O)N2CCCCC2)c1. The second-order valence-corrected chi connectivity index (χ2v) is 9.71. The number of hydrogen-bond acceptors (Lipinski definition) is 5. The van der Waals surface area contributed by atoms with Gasteiger partial charge in [0.1, 0.15) is 5.75 Å². The van der Waals surface area contributed by atoms with Gasteiger partial charge in [0.2, 0.25) is 10.0 Å². The van der Waals surface area contributed by atoms with Crippen LogP contribution in [0.3, 0.4) is 0 Å². The number of nitrogens with one attached hydrogen (secondary N) is 2. The number of anilines is 1. The third-order valence-electron chi connectivity index (χ3n) is 4.87. The number of benzene rings is 2. The topological polar surface area (TPSA) is 98.7 Å². The first kappa shape index (κ1) is 22.4. The number of phenols is 1. The van der Waals surface area contributed by atoms with E-state index in [2.05, 4.69) is 10.0 Å². The molecule has 0 unspecified atom stereocenters. The van der Waals surface area contributed by atoms with Crippen molar-refractivity contribution >= 4 is 33.2 Å². The lowest BCUT2D eigenvalue weighted by Crippen LogP contribution is -2.35. The predicted octanol–water partition coefficient (Wildman–Crippen LogP) is 3.33. The molecule has 0 spiro atoms. The van der Waals surface area contributed by atoms with E-state index in [1.54, 1.807) is 30.3 Å². The number of sulfonamides is 1. The van der Waals surface area contributed by atoms with Crippen LogP contribution in [-0.4, -0.2) is 43.7 Å². The maximum Gasteiger partial charge on any atom is 0.253 e. The molecule has 1 saturated heterocycles. The first-order chi connectivity index (χ1) is 14.2. The number of carbonyl (C=O) groups excluding carboxylic acids is 1. The van der Waals surface area contributed by atoms with Gasteiger partial charge in [0, 0.05) is 48.0 Å². The highest BCUT2D eigenvalue weighted by molar-refractivity contribution is 7.92. The van der Waals surface area contributed by atoms with E-state index in [0.717, 1.165) is 31.1 Å². The van der Waals surface area contributed by atoms with E-state index in [0.29, 0.717) is 48.0 Å². The van der Waals surface area contributed by atoms with Crippen LogP contribution in [0, 0.1) is 0 Å². The van der Waals surface area contributed by atoms with Crippen LogP contribution in [0.5, 0.6) is 5.75 Å². The Hall–Kier alpha value is -2.29. The summed E-state index contributed by atoms with van der Waals surface area (Å²) in [5.74, 6) is 0.0425. The monoisotopic (exact) mass is 451 g/mol. The maximum absolute atomic E-state index is 12.9. The first-order valence-electron chi connectivity index (χ1n) is 9.80. The van der Waals surface area contributed by atoms with Gasteiger partial charge in [0.15, 0.2) is 0 Å². The number of amides is 1. The largest absolute Gasteiger partial charge is 0.508 e. The molecule has 2 aromatic rings. The van der Waals surface area contributed by atoms with Crippen LogP contribution in [0.25, 0.3) is 0 Å². The lowest BCUT2D eigenvalue weighted by Gasteiger charge is -2.27. The van der Waals surface area contributed by atoms with Gasteiger partial charge in [0.05, 0.1) is 6.26 Å². The highest BCUT2D eigenvalue weighted by Crippen LogP contribution is 2.22. The molecular weight excluding hydrogens is 426 g/mol. The minimum absolute atomic E-state index is 0.0967. The molecular formula is C21H26ClN3O4S. The summed E-state index contributed by atoms with van der Waals surface area (Å²) in [6.45, 7) is 2.17. The maximum atomic E-state index is 12.9. The average molecular weight is 452 g/mol. The van der Waals surface area contributed by atoms with Crippen molar-refractivity contribution in [2.24, 2.45) is 0 Å². The second kappa shape index (κ2) is 9.68. The van der Waals surface area contributed by atoms with E-state index in [4.69, 9.17) is 11.6 Å². The van der Waals surface area contributed by atoms with Crippen LogP contribution >= 0.6 is 11.6 Å². The van der Waals surface area contributed by atoms with Gasteiger partial charge in [-0.3, -0.25) is 9.52 Å². The Morgan fingerprint density at radius 1 is 1.10 bits per heavy atom. The minimum Gasteiger partial charge on any atom is -0.508 e. The number of hydrogen-bond donors (Lipinski definition) is 3. The fraction of sp³-hybridized carbons (Fsp3) is 0.381. The number of phenolic OH excluding ortho intramolecular Hbond substituents is 1. The van der Waals surface area contributed by atoms with Gasteiger partial charge in [-0.15, -0.1) is 0 Å². The molecule has 0 radical (unpaired) electrons. The van der Waals surface area contributed by atoms with Crippen LogP contribution in [0.1, 0.15) is 40.7 Å². The van der Waals surface area contributed by atoms with Gasteiger partial charge in [-0.1, -0.05) is 11.6 Å². The third kappa shape index (κ3) is 6.35. The second-order valence-electron chi connectivity index (χ2n) is 7.52. The zero-order valence-electron chi connectivity index (χ0n) is 16.8. The molecule has 3 rings (SSSR count). The number of nitrogens with zero attached hydrogens (tertiary/aromatic N) is 1. The molecule has 162 valence electrons. The molecule has 0 aliphatic carbocycles. The smallest absolute Gasteiger partial charge is 0.253 e. The highest BCUT2D eigenvalue weighted by atomic mass is 35.5. The van der Waals surface area contributed by atoms with E-state index in [1.165, 1.54) is 6.07 Å². The van der Waals surface area contributed by atoms with Crippen LogP contribution in [0.15, 0.2) is 36.4 Å². The van der Waals surface area contributed by atoms with Crippen molar-refractivity contribution in [1.82, 2.24) is 10.2 Å². The lowest BCUT2D eigenvalue weighted by atomic mass is 10.1.